The van der Waals surface area contributed by atoms with Gasteiger partial charge in [0.1, 0.15) is 5.82 Å². The largest absolute Gasteiger partial charge is 0.416 e. The molecule has 0 atom stereocenters. The van der Waals surface area contributed by atoms with Crippen LogP contribution >= 0.6 is 0 Å². The molecule has 0 radical (unpaired) electrons. The Balaban J connectivity index is 1.93. The third-order valence-corrected chi connectivity index (χ3v) is 4.80. The zero-order chi connectivity index (χ0) is 22.4. The molecule has 0 amide bonds. The van der Waals surface area contributed by atoms with Crippen molar-refractivity contribution in [3.8, 4) is 22.3 Å². The minimum Gasteiger partial charge on any atom is -0.383 e. The van der Waals surface area contributed by atoms with Gasteiger partial charge in [-0.05, 0) is 35.2 Å². The second-order valence-corrected chi connectivity index (χ2v) is 6.86. The first-order valence-corrected chi connectivity index (χ1v) is 8.92. The molecule has 4 rings (SSSR count). The predicted octanol–water partition coefficient (Wildman–Crippen LogP) is 6.58. The predicted molar refractivity (Wildman–Crippen MR) is 105 cm³/mol. The first-order valence-electron chi connectivity index (χ1n) is 8.92. The number of fused-ring (bicyclic) bond motifs is 1. The van der Waals surface area contributed by atoms with Crippen molar-refractivity contribution in [3.05, 3.63) is 78.2 Å². The molecular weight excluding hydrogens is 420 g/mol. The second kappa shape index (κ2) is 7.26. The first kappa shape index (κ1) is 20.6. The molecule has 4 aromatic rings. The Kier molecular flexibility index (Phi) is 4.83. The van der Waals surface area contributed by atoms with Gasteiger partial charge in [-0.25, -0.2) is 4.98 Å². The maximum absolute atomic E-state index is 13.2. The number of hydrogen-bond acceptors (Lipinski definition) is 3. The summed E-state index contributed by atoms with van der Waals surface area (Å²) >= 11 is 0. The van der Waals surface area contributed by atoms with Gasteiger partial charge < -0.3 is 5.73 Å². The SMILES string of the molecule is Nc1ncc(-c2cc(C(F)(F)F)cc(C(F)(F)F)c2)cc1-c1cncc2ccccc12. The summed E-state index contributed by atoms with van der Waals surface area (Å²) in [6.07, 6.45) is -5.59. The molecule has 0 fully saturated rings. The van der Waals surface area contributed by atoms with Crippen molar-refractivity contribution < 1.29 is 26.3 Å². The lowest BCUT2D eigenvalue weighted by atomic mass is 9.96. The van der Waals surface area contributed by atoms with E-state index in [4.69, 9.17) is 5.73 Å². The van der Waals surface area contributed by atoms with E-state index in [-0.39, 0.29) is 23.0 Å². The topological polar surface area (TPSA) is 51.8 Å². The fraction of sp³-hybridized carbons (Fsp3) is 0.0909. The Labute approximate surface area is 172 Å². The minimum atomic E-state index is -4.94. The number of halogens is 6. The van der Waals surface area contributed by atoms with Gasteiger partial charge >= 0.3 is 12.4 Å². The van der Waals surface area contributed by atoms with Crippen LogP contribution in [0.3, 0.4) is 0 Å². The van der Waals surface area contributed by atoms with Gasteiger partial charge in [-0.15, -0.1) is 0 Å². The van der Waals surface area contributed by atoms with Gasteiger partial charge in [0, 0.05) is 40.7 Å². The van der Waals surface area contributed by atoms with E-state index in [1.165, 1.54) is 12.3 Å². The highest BCUT2D eigenvalue weighted by molar-refractivity contribution is 5.98. The van der Waals surface area contributed by atoms with Gasteiger partial charge in [-0.2, -0.15) is 26.3 Å². The van der Waals surface area contributed by atoms with Gasteiger partial charge in [0.05, 0.1) is 11.1 Å². The third-order valence-electron chi connectivity index (χ3n) is 4.80. The molecule has 2 heterocycles. The number of aromatic nitrogens is 2. The van der Waals surface area contributed by atoms with Crippen LogP contribution in [0.4, 0.5) is 32.2 Å². The highest BCUT2D eigenvalue weighted by Gasteiger charge is 2.37. The summed E-state index contributed by atoms with van der Waals surface area (Å²) in [5.41, 5.74) is 3.90. The maximum Gasteiger partial charge on any atom is 0.416 e. The molecule has 0 saturated heterocycles. The zero-order valence-electron chi connectivity index (χ0n) is 15.6. The van der Waals surface area contributed by atoms with Crippen LogP contribution in [0, 0.1) is 0 Å². The van der Waals surface area contributed by atoms with Crippen LogP contribution in [0.25, 0.3) is 33.0 Å². The number of rotatable bonds is 2. The smallest absolute Gasteiger partial charge is 0.383 e. The van der Waals surface area contributed by atoms with Crippen molar-refractivity contribution in [2.75, 3.05) is 5.73 Å². The number of hydrogen-bond donors (Lipinski definition) is 1. The average Bonchev–Trinajstić information content (AvgIpc) is 2.72. The van der Waals surface area contributed by atoms with Gasteiger partial charge in [-0.3, -0.25) is 4.98 Å². The zero-order valence-corrected chi connectivity index (χ0v) is 15.6. The Morgan fingerprint density at radius 1 is 0.677 bits per heavy atom. The molecule has 31 heavy (non-hydrogen) atoms. The summed E-state index contributed by atoms with van der Waals surface area (Å²) in [6.45, 7) is 0. The number of pyridine rings is 2. The molecule has 0 saturated carbocycles. The summed E-state index contributed by atoms with van der Waals surface area (Å²) in [6, 6.07) is 10.1. The average molecular weight is 433 g/mol. The molecule has 0 aliphatic heterocycles. The quantitative estimate of drug-likeness (QED) is 0.363. The van der Waals surface area contributed by atoms with Crippen molar-refractivity contribution in [1.29, 1.82) is 0 Å². The standard InChI is InChI=1S/C22H13F6N3/c23-21(24,25)15-5-13(6-16(8-15)22(26,27)28)14-7-18(20(29)31-10-14)19-11-30-9-12-3-1-2-4-17(12)19/h1-11H,(H2,29,31). The molecule has 0 aliphatic rings. The van der Waals surface area contributed by atoms with Crippen LogP contribution in [-0.4, -0.2) is 9.97 Å². The van der Waals surface area contributed by atoms with Crippen LogP contribution < -0.4 is 5.73 Å². The van der Waals surface area contributed by atoms with Crippen LogP contribution in [0.2, 0.25) is 0 Å². The van der Waals surface area contributed by atoms with Crippen LogP contribution in [0.1, 0.15) is 11.1 Å². The number of nitrogens with zero attached hydrogens (tertiary/aromatic N) is 2. The van der Waals surface area contributed by atoms with E-state index in [0.717, 1.165) is 17.0 Å². The number of anilines is 1. The van der Waals surface area contributed by atoms with Crippen molar-refractivity contribution in [1.82, 2.24) is 9.97 Å². The number of benzene rings is 2. The van der Waals surface area contributed by atoms with Gasteiger partial charge in [0.15, 0.2) is 0 Å². The van der Waals surface area contributed by atoms with E-state index in [1.54, 1.807) is 12.3 Å². The number of alkyl halides is 6. The Morgan fingerprint density at radius 3 is 1.97 bits per heavy atom. The van der Waals surface area contributed by atoms with Crippen molar-refractivity contribution in [2.45, 2.75) is 12.4 Å². The van der Waals surface area contributed by atoms with Gasteiger partial charge in [0.25, 0.3) is 0 Å². The Morgan fingerprint density at radius 2 is 1.32 bits per heavy atom. The monoisotopic (exact) mass is 433 g/mol. The fourth-order valence-electron chi connectivity index (χ4n) is 3.30. The van der Waals surface area contributed by atoms with E-state index in [0.29, 0.717) is 23.3 Å². The van der Waals surface area contributed by atoms with E-state index in [1.807, 2.05) is 18.2 Å². The highest BCUT2D eigenvalue weighted by atomic mass is 19.4. The molecule has 0 unspecified atom stereocenters. The Hall–Kier alpha value is -3.62. The van der Waals surface area contributed by atoms with E-state index in [2.05, 4.69) is 9.97 Å². The highest BCUT2D eigenvalue weighted by Crippen LogP contribution is 2.40. The molecule has 9 heteroatoms. The summed E-state index contributed by atoms with van der Waals surface area (Å²) < 4.78 is 79.3. The molecule has 158 valence electrons. The van der Waals surface area contributed by atoms with E-state index < -0.39 is 23.5 Å². The van der Waals surface area contributed by atoms with Crippen LogP contribution in [0.5, 0.6) is 0 Å². The molecule has 0 aliphatic carbocycles. The first-order chi connectivity index (χ1) is 14.5. The maximum atomic E-state index is 13.2. The van der Waals surface area contributed by atoms with Crippen molar-refractivity contribution in [2.24, 2.45) is 0 Å². The number of nitrogen functional groups attached to an aromatic ring is 1. The van der Waals surface area contributed by atoms with Crippen LogP contribution in [0.15, 0.2) is 67.1 Å². The molecule has 3 nitrogen and oxygen atoms in total. The normalized spacial score (nSPS) is 12.3. The lowest BCUT2D eigenvalue weighted by Crippen LogP contribution is -2.11. The van der Waals surface area contributed by atoms with Gasteiger partial charge in [-0.1, -0.05) is 24.3 Å². The lowest BCUT2D eigenvalue weighted by molar-refractivity contribution is -0.143. The summed E-state index contributed by atoms with van der Waals surface area (Å²) in [7, 11) is 0. The molecule has 2 N–H and O–H groups in total. The lowest BCUT2D eigenvalue weighted by Gasteiger charge is -2.15. The molecule has 2 aromatic carbocycles. The molecule has 0 spiro atoms. The van der Waals surface area contributed by atoms with E-state index in [9.17, 15) is 26.3 Å². The van der Waals surface area contributed by atoms with Gasteiger partial charge in [0.2, 0.25) is 0 Å². The summed E-state index contributed by atoms with van der Waals surface area (Å²) in [4.78, 5) is 8.15. The Bertz CT molecular complexity index is 1240. The second-order valence-electron chi connectivity index (χ2n) is 6.86. The van der Waals surface area contributed by atoms with E-state index >= 15 is 0 Å². The molecule has 2 aromatic heterocycles. The summed E-state index contributed by atoms with van der Waals surface area (Å²) in [5, 5.41) is 1.56. The summed E-state index contributed by atoms with van der Waals surface area (Å²) in [5.74, 6) is 0.0740. The molecule has 0 bridgehead atoms. The van der Waals surface area contributed by atoms with Crippen LogP contribution in [-0.2, 0) is 12.4 Å². The third kappa shape index (κ3) is 4.03. The van der Waals surface area contributed by atoms with Crippen molar-refractivity contribution >= 4 is 16.6 Å². The minimum absolute atomic E-state index is 0.0636. The molecular formula is C22H13F6N3. The van der Waals surface area contributed by atoms with Crippen molar-refractivity contribution in [3.63, 3.8) is 0 Å². The fourth-order valence-corrected chi connectivity index (χ4v) is 3.30. The number of nitrogens with two attached hydrogens (primary N) is 1.